The standard InChI is InChI=1S/C11H14N2O2S/c1-14-11(15-2)7-13-6-9(12-8-13)10-4-3-5-16-10/h3-6,8,11H,7H2,1-2H3. The summed E-state index contributed by atoms with van der Waals surface area (Å²) in [5.41, 5.74) is 0.987. The molecule has 4 nitrogen and oxygen atoms in total. The number of aromatic nitrogens is 2. The average molecular weight is 238 g/mol. The Labute approximate surface area is 98.5 Å². The van der Waals surface area contributed by atoms with Crippen molar-refractivity contribution in [3.63, 3.8) is 0 Å². The highest BCUT2D eigenvalue weighted by molar-refractivity contribution is 7.13. The fourth-order valence-electron chi connectivity index (χ4n) is 1.43. The molecule has 0 aliphatic rings. The summed E-state index contributed by atoms with van der Waals surface area (Å²) in [4.78, 5) is 5.51. The van der Waals surface area contributed by atoms with Crippen LogP contribution in [0.15, 0.2) is 30.0 Å². The summed E-state index contributed by atoms with van der Waals surface area (Å²) in [6.07, 6.45) is 3.56. The van der Waals surface area contributed by atoms with Crippen molar-refractivity contribution >= 4 is 11.3 Å². The van der Waals surface area contributed by atoms with E-state index in [9.17, 15) is 0 Å². The molecule has 0 radical (unpaired) electrons. The van der Waals surface area contributed by atoms with Gasteiger partial charge in [-0.3, -0.25) is 0 Å². The lowest BCUT2D eigenvalue weighted by atomic mass is 10.4. The van der Waals surface area contributed by atoms with Gasteiger partial charge >= 0.3 is 0 Å². The molecule has 2 rings (SSSR count). The predicted molar refractivity (Wildman–Crippen MR) is 63.3 cm³/mol. The highest BCUT2D eigenvalue weighted by Gasteiger charge is 2.08. The fourth-order valence-corrected chi connectivity index (χ4v) is 2.12. The van der Waals surface area contributed by atoms with Gasteiger partial charge in [0, 0.05) is 20.4 Å². The number of ether oxygens (including phenoxy) is 2. The summed E-state index contributed by atoms with van der Waals surface area (Å²) in [5, 5.41) is 2.04. The number of rotatable bonds is 5. The molecule has 0 saturated heterocycles. The summed E-state index contributed by atoms with van der Waals surface area (Å²) in [6, 6.07) is 4.08. The van der Waals surface area contributed by atoms with Gasteiger partial charge in [0.05, 0.1) is 23.4 Å². The summed E-state index contributed by atoms with van der Waals surface area (Å²) in [5.74, 6) is 0. The van der Waals surface area contributed by atoms with Crippen LogP contribution in [0.1, 0.15) is 0 Å². The first kappa shape index (κ1) is 11.3. The first-order chi connectivity index (χ1) is 7.83. The Bertz CT molecular complexity index is 421. The number of thiophene rings is 1. The molecule has 2 aromatic rings. The monoisotopic (exact) mass is 238 g/mol. The van der Waals surface area contributed by atoms with Gasteiger partial charge in [-0.05, 0) is 11.4 Å². The molecular formula is C11H14N2O2S. The molecule has 2 heterocycles. The van der Waals surface area contributed by atoms with Crippen molar-refractivity contribution < 1.29 is 9.47 Å². The summed E-state index contributed by atoms with van der Waals surface area (Å²) < 4.78 is 12.2. The SMILES string of the molecule is COC(Cn1cnc(-c2cccs2)c1)OC. The summed E-state index contributed by atoms with van der Waals surface area (Å²) in [6.45, 7) is 0.644. The Kier molecular flexibility index (Phi) is 3.71. The molecule has 16 heavy (non-hydrogen) atoms. The molecule has 0 spiro atoms. The fraction of sp³-hybridized carbons (Fsp3) is 0.364. The van der Waals surface area contributed by atoms with Gasteiger partial charge in [0.15, 0.2) is 6.29 Å². The maximum Gasteiger partial charge on any atom is 0.174 e. The third kappa shape index (κ3) is 2.49. The molecule has 2 aromatic heterocycles. The lowest BCUT2D eigenvalue weighted by Gasteiger charge is -2.13. The van der Waals surface area contributed by atoms with E-state index in [0.717, 1.165) is 5.69 Å². The second-order valence-electron chi connectivity index (χ2n) is 3.33. The molecule has 0 fully saturated rings. The van der Waals surface area contributed by atoms with Gasteiger partial charge < -0.3 is 14.0 Å². The normalized spacial score (nSPS) is 11.2. The first-order valence-corrected chi connectivity index (χ1v) is 5.82. The number of hydrogen-bond donors (Lipinski definition) is 0. The smallest absolute Gasteiger partial charge is 0.174 e. The van der Waals surface area contributed by atoms with Crippen LogP contribution >= 0.6 is 11.3 Å². The van der Waals surface area contributed by atoms with Crippen LogP contribution in [0.3, 0.4) is 0 Å². The van der Waals surface area contributed by atoms with E-state index in [4.69, 9.17) is 9.47 Å². The molecule has 0 unspecified atom stereocenters. The highest BCUT2D eigenvalue weighted by atomic mass is 32.1. The van der Waals surface area contributed by atoms with Crippen molar-refractivity contribution in [1.29, 1.82) is 0 Å². The number of imidazole rings is 1. The van der Waals surface area contributed by atoms with Crippen molar-refractivity contribution in [2.24, 2.45) is 0 Å². The maximum atomic E-state index is 5.14. The summed E-state index contributed by atoms with van der Waals surface area (Å²) in [7, 11) is 3.26. The third-order valence-electron chi connectivity index (χ3n) is 2.29. The Hall–Kier alpha value is -1.17. The van der Waals surface area contributed by atoms with Crippen LogP contribution in [0.25, 0.3) is 10.6 Å². The van der Waals surface area contributed by atoms with Crippen LogP contribution in [0.4, 0.5) is 0 Å². The quantitative estimate of drug-likeness (QED) is 0.749. The Morgan fingerprint density at radius 3 is 2.88 bits per heavy atom. The number of methoxy groups -OCH3 is 2. The molecule has 0 saturated carbocycles. The molecule has 0 aliphatic carbocycles. The average Bonchev–Trinajstić information content (AvgIpc) is 2.96. The van der Waals surface area contributed by atoms with Crippen LogP contribution in [-0.4, -0.2) is 30.1 Å². The minimum Gasteiger partial charge on any atom is -0.354 e. The van der Waals surface area contributed by atoms with Crippen LogP contribution in [-0.2, 0) is 16.0 Å². The molecular weight excluding hydrogens is 224 g/mol. The highest BCUT2D eigenvalue weighted by Crippen LogP contribution is 2.22. The van der Waals surface area contributed by atoms with Gasteiger partial charge in [-0.2, -0.15) is 0 Å². The molecule has 0 bridgehead atoms. The summed E-state index contributed by atoms with van der Waals surface area (Å²) >= 11 is 1.68. The predicted octanol–water partition coefficient (Wildman–Crippen LogP) is 2.23. The van der Waals surface area contributed by atoms with Gasteiger partial charge in [-0.25, -0.2) is 4.98 Å². The second kappa shape index (κ2) is 5.25. The molecule has 5 heteroatoms. The van der Waals surface area contributed by atoms with Crippen LogP contribution in [0, 0.1) is 0 Å². The number of hydrogen-bond acceptors (Lipinski definition) is 4. The van der Waals surface area contributed by atoms with E-state index < -0.39 is 0 Å². The van der Waals surface area contributed by atoms with Crippen molar-refractivity contribution in [1.82, 2.24) is 9.55 Å². The van der Waals surface area contributed by atoms with Crippen molar-refractivity contribution in [2.75, 3.05) is 14.2 Å². The molecule has 0 amide bonds. The second-order valence-corrected chi connectivity index (χ2v) is 4.28. The zero-order valence-corrected chi connectivity index (χ0v) is 10.1. The van der Waals surface area contributed by atoms with Crippen LogP contribution in [0.5, 0.6) is 0 Å². The van der Waals surface area contributed by atoms with E-state index in [2.05, 4.69) is 11.1 Å². The molecule has 86 valence electrons. The van der Waals surface area contributed by atoms with Crippen LogP contribution in [0.2, 0.25) is 0 Å². The van der Waals surface area contributed by atoms with Gasteiger partial charge in [0.2, 0.25) is 0 Å². The van der Waals surface area contributed by atoms with Gasteiger partial charge in [0.25, 0.3) is 0 Å². The largest absolute Gasteiger partial charge is 0.354 e. The lowest BCUT2D eigenvalue weighted by molar-refractivity contribution is -0.110. The lowest BCUT2D eigenvalue weighted by Crippen LogP contribution is -2.19. The number of nitrogens with zero attached hydrogens (tertiary/aromatic N) is 2. The molecule has 0 N–H and O–H groups in total. The Morgan fingerprint density at radius 2 is 2.25 bits per heavy atom. The van der Waals surface area contributed by atoms with E-state index >= 15 is 0 Å². The first-order valence-electron chi connectivity index (χ1n) is 4.94. The van der Waals surface area contributed by atoms with E-state index in [1.54, 1.807) is 31.9 Å². The van der Waals surface area contributed by atoms with Gasteiger partial charge in [0.1, 0.15) is 0 Å². The van der Waals surface area contributed by atoms with Crippen molar-refractivity contribution in [3.8, 4) is 10.6 Å². The van der Waals surface area contributed by atoms with E-state index in [0.29, 0.717) is 6.54 Å². The Balaban J connectivity index is 2.08. The minimum atomic E-state index is -0.231. The Morgan fingerprint density at radius 1 is 1.44 bits per heavy atom. The topological polar surface area (TPSA) is 36.3 Å². The van der Waals surface area contributed by atoms with E-state index in [1.165, 1.54) is 4.88 Å². The molecule has 0 aromatic carbocycles. The van der Waals surface area contributed by atoms with E-state index in [1.807, 2.05) is 22.2 Å². The third-order valence-corrected chi connectivity index (χ3v) is 3.18. The zero-order chi connectivity index (χ0) is 11.4. The molecule has 0 aliphatic heterocycles. The van der Waals surface area contributed by atoms with Crippen molar-refractivity contribution in [3.05, 3.63) is 30.0 Å². The van der Waals surface area contributed by atoms with E-state index in [-0.39, 0.29) is 6.29 Å². The van der Waals surface area contributed by atoms with Gasteiger partial charge in [-0.15, -0.1) is 11.3 Å². The molecule has 0 atom stereocenters. The van der Waals surface area contributed by atoms with Crippen molar-refractivity contribution in [2.45, 2.75) is 12.8 Å². The maximum absolute atomic E-state index is 5.14. The van der Waals surface area contributed by atoms with Crippen LogP contribution < -0.4 is 0 Å². The zero-order valence-electron chi connectivity index (χ0n) is 9.29. The van der Waals surface area contributed by atoms with Gasteiger partial charge in [-0.1, -0.05) is 6.07 Å². The minimum absolute atomic E-state index is 0.231.